The molecule has 0 rings (SSSR count). The summed E-state index contributed by atoms with van der Waals surface area (Å²) in [5.41, 5.74) is 0. The van der Waals surface area contributed by atoms with Crippen molar-refractivity contribution in [1.29, 1.82) is 0 Å². The summed E-state index contributed by atoms with van der Waals surface area (Å²) in [6.45, 7) is 1.93. The zero-order valence-corrected chi connectivity index (χ0v) is 7.37. The first-order valence-corrected chi connectivity index (χ1v) is 1.02. The van der Waals surface area contributed by atoms with Crippen LogP contribution >= 0.6 is 0 Å². The van der Waals surface area contributed by atoms with Crippen molar-refractivity contribution in [1.82, 2.24) is 0 Å². The number of aliphatic hydroxyl groups excluding tert-OH is 1. The quantitative estimate of drug-likeness (QED) is 0.559. The fraction of sp³-hybridized carbons (Fsp3) is 1.00. The second-order valence-corrected chi connectivity index (χ2v) is 0.316. The van der Waals surface area contributed by atoms with E-state index in [-0.39, 0.29) is 48.9 Å². The van der Waals surface area contributed by atoms with Crippen LogP contribution in [0, 0.1) is 0 Å². The third-order valence-electron chi connectivity index (χ3n) is 0. The Balaban J connectivity index is -0.00000000333. The fourth-order valence-corrected chi connectivity index (χ4v) is 0. The van der Waals surface area contributed by atoms with Gasteiger partial charge in [-0.1, -0.05) is 0 Å². The van der Waals surface area contributed by atoms with Crippen molar-refractivity contribution in [3.63, 3.8) is 0 Å². The predicted molar refractivity (Wildman–Crippen MR) is 24.3 cm³/mol. The molecule has 0 unspecified atom stereocenters. The van der Waals surface area contributed by atoms with E-state index in [2.05, 4.69) is 0 Å². The van der Waals surface area contributed by atoms with Crippen LogP contribution in [0.4, 0.5) is 0 Å². The molecular formula is C2H9InO4. The molecule has 0 spiro atoms. The second-order valence-electron chi connectivity index (χ2n) is 0.316. The van der Waals surface area contributed by atoms with Crippen LogP contribution in [0.5, 0.6) is 0 Å². The molecule has 0 bridgehead atoms. The van der Waals surface area contributed by atoms with E-state index >= 15 is 0 Å². The molecule has 0 aromatic carbocycles. The Morgan fingerprint density at radius 2 is 1.14 bits per heavy atom. The molecule has 7 heavy (non-hydrogen) atoms. The van der Waals surface area contributed by atoms with E-state index in [9.17, 15) is 0 Å². The van der Waals surface area contributed by atoms with Crippen molar-refractivity contribution in [2.75, 3.05) is 6.61 Å². The standard InChI is InChI=1S/C2H6O.In.3H2O/c1-2-3;;;;/h3H,2H2,1H3;;3*1H2/q;+3;;;/p-3. The summed E-state index contributed by atoms with van der Waals surface area (Å²) in [7, 11) is 0. The molecular weight excluding hydrogens is 203 g/mol. The van der Waals surface area contributed by atoms with Crippen molar-refractivity contribution in [3.8, 4) is 0 Å². The van der Waals surface area contributed by atoms with E-state index in [1.807, 2.05) is 0 Å². The summed E-state index contributed by atoms with van der Waals surface area (Å²) in [5, 5.41) is 7.57. The topological polar surface area (TPSA) is 110 Å². The Labute approximate surface area is 61.2 Å². The minimum absolute atomic E-state index is 0. The first-order chi connectivity index (χ1) is 1.41. The average molecular weight is 212 g/mol. The number of rotatable bonds is 0. The van der Waals surface area contributed by atoms with Gasteiger partial charge < -0.3 is 21.5 Å². The number of hydrogen-bond acceptors (Lipinski definition) is 4. The molecule has 0 radical (unpaired) electrons. The third-order valence-corrected chi connectivity index (χ3v) is 0. The van der Waals surface area contributed by atoms with Crippen LogP contribution in [0.25, 0.3) is 0 Å². The van der Waals surface area contributed by atoms with Crippen LogP contribution in [0.3, 0.4) is 0 Å². The monoisotopic (exact) mass is 212 g/mol. The molecule has 4 N–H and O–H groups in total. The number of hydrogen-bond donors (Lipinski definition) is 1. The normalized spacial score (nSPS) is 2.57. The molecule has 0 heterocycles. The maximum atomic E-state index is 7.57. The first kappa shape index (κ1) is 47.3. The second kappa shape index (κ2) is 74.8. The largest absolute Gasteiger partial charge is 3.00 e. The smallest absolute Gasteiger partial charge is 0.870 e. The SMILES string of the molecule is CCO.[In+3].[OH-].[OH-].[OH-]. The van der Waals surface area contributed by atoms with Gasteiger partial charge in [-0.05, 0) is 6.92 Å². The van der Waals surface area contributed by atoms with Gasteiger partial charge in [0.2, 0.25) is 0 Å². The van der Waals surface area contributed by atoms with Crippen molar-refractivity contribution >= 4 is 25.8 Å². The van der Waals surface area contributed by atoms with Gasteiger partial charge in [-0.25, -0.2) is 0 Å². The van der Waals surface area contributed by atoms with Crippen molar-refractivity contribution in [2.45, 2.75) is 6.92 Å². The molecule has 4 nitrogen and oxygen atoms in total. The molecule has 0 aliphatic rings. The number of aliphatic hydroxyl groups is 1. The van der Waals surface area contributed by atoms with Crippen LogP contribution in [0.2, 0.25) is 0 Å². The predicted octanol–water partition coefficient (Wildman–Crippen LogP) is -0.913. The Kier molecular flexibility index (Phi) is 505. The van der Waals surface area contributed by atoms with Crippen molar-refractivity contribution in [2.24, 2.45) is 0 Å². The summed E-state index contributed by atoms with van der Waals surface area (Å²) in [6, 6.07) is 0. The van der Waals surface area contributed by atoms with E-state index < -0.39 is 0 Å². The molecule has 5 heteroatoms. The summed E-state index contributed by atoms with van der Waals surface area (Å²) in [4.78, 5) is 0. The van der Waals surface area contributed by atoms with Crippen molar-refractivity contribution < 1.29 is 21.5 Å². The Hall–Kier alpha value is 0.710. The Morgan fingerprint density at radius 3 is 1.14 bits per heavy atom. The summed E-state index contributed by atoms with van der Waals surface area (Å²) in [5.74, 6) is 0. The maximum Gasteiger partial charge on any atom is 3.00 e. The molecule has 0 fully saturated rings. The maximum absolute atomic E-state index is 7.57. The summed E-state index contributed by atoms with van der Waals surface area (Å²) in [6.07, 6.45) is 0. The van der Waals surface area contributed by atoms with E-state index in [1.165, 1.54) is 0 Å². The van der Waals surface area contributed by atoms with Gasteiger partial charge in [0, 0.05) is 6.61 Å². The van der Waals surface area contributed by atoms with Gasteiger partial charge in [0.05, 0.1) is 0 Å². The molecule has 0 saturated carbocycles. The van der Waals surface area contributed by atoms with E-state index in [1.54, 1.807) is 6.92 Å². The van der Waals surface area contributed by atoms with E-state index in [4.69, 9.17) is 5.11 Å². The van der Waals surface area contributed by atoms with Gasteiger partial charge in [0.1, 0.15) is 0 Å². The van der Waals surface area contributed by atoms with Gasteiger partial charge in [-0.15, -0.1) is 0 Å². The molecule has 0 aromatic rings. The molecule has 0 aromatic heterocycles. The Bertz CT molecular complexity index is 9.65. The average Bonchev–Trinajstić information content (AvgIpc) is 0.918. The fourth-order valence-electron chi connectivity index (χ4n) is 0. The van der Waals surface area contributed by atoms with Crippen LogP contribution in [-0.4, -0.2) is 54.0 Å². The van der Waals surface area contributed by atoms with E-state index in [0.717, 1.165) is 0 Å². The van der Waals surface area contributed by atoms with Gasteiger partial charge >= 0.3 is 25.8 Å². The minimum atomic E-state index is 0. The minimum Gasteiger partial charge on any atom is -0.870 e. The zero-order chi connectivity index (χ0) is 2.71. The van der Waals surface area contributed by atoms with Crippen LogP contribution in [0.1, 0.15) is 6.92 Å². The van der Waals surface area contributed by atoms with E-state index in [0.29, 0.717) is 0 Å². The molecule has 0 atom stereocenters. The van der Waals surface area contributed by atoms with Gasteiger partial charge in [0.15, 0.2) is 0 Å². The van der Waals surface area contributed by atoms with Gasteiger partial charge in [-0.3, -0.25) is 0 Å². The summed E-state index contributed by atoms with van der Waals surface area (Å²) >= 11 is 0. The first-order valence-electron chi connectivity index (χ1n) is 1.02. The van der Waals surface area contributed by atoms with Gasteiger partial charge in [0.25, 0.3) is 0 Å². The summed E-state index contributed by atoms with van der Waals surface area (Å²) < 4.78 is 0. The zero-order valence-electron chi connectivity index (χ0n) is 4.07. The molecule has 0 aliphatic heterocycles. The van der Waals surface area contributed by atoms with Gasteiger partial charge in [-0.2, -0.15) is 0 Å². The van der Waals surface area contributed by atoms with Crippen LogP contribution < -0.4 is 0 Å². The molecule has 0 saturated heterocycles. The molecule has 0 amide bonds. The van der Waals surface area contributed by atoms with Crippen LogP contribution in [0.15, 0.2) is 0 Å². The van der Waals surface area contributed by atoms with Crippen molar-refractivity contribution in [3.05, 3.63) is 0 Å². The Morgan fingerprint density at radius 1 is 1.14 bits per heavy atom. The molecule has 44 valence electrons. The van der Waals surface area contributed by atoms with Crippen LogP contribution in [-0.2, 0) is 0 Å². The third kappa shape index (κ3) is 295. The molecule has 0 aliphatic carbocycles.